The van der Waals surface area contributed by atoms with Crippen molar-refractivity contribution in [2.45, 2.75) is 0 Å². The predicted molar refractivity (Wildman–Crippen MR) is 25.6 cm³/mol. The van der Waals surface area contributed by atoms with Gasteiger partial charge in [-0.05, 0) is 0 Å². The molecule has 4 nitrogen and oxygen atoms in total. The monoisotopic (exact) mass is 91.0 g/mol. The smallest absolute Gasteiger partial charge is 0.494 e. The number of hydrogen-bond donors (Lipinski definition) is 0. The van der Waals surface area contributed by atoms with Crippen molar-refractivity contribution in [3.05, 3.63) is 11.5 Å². The van der Waals surface area contributed by atoms with Crippen LogP contribution in [0.1, 0.15) is 0 Å². The molecule has 0 saturated carbocycles. The third kappa shape index (κ3) is 22.9. The molecule has 0 unspecified atom stereocenters. The van der Waals surface area contributed by atoms with Gasteiger partial charge < -0.3 is 22.0 Å². The second-order valence-corrected chi connectivity index (χ2v) is 0.224. The van der Waals surface area contributed by atoms with Gasteiger partial charge in [0.1, 0.15) is 0 Å². The number of hydrogen-bond acceptors (Lipinski definition) is 2. The van der Waals surface area contributed by atoms with Gasteiger partial charge in [0.2, 0.25) is 0 Å². The van der Waals surface area contributed by atoms with Gasteiger partial charge in [0.25, 0.3) is 0 Å². The Balaban J connectivity index is -0.0000000400. The van der Waals surface area contributed by atoms with Crippen LogP contribution in [0.4, 0.5) is 0 Å². The number of nitrogens with one attached hydrogen (secondary N) is 2. The Morgan fingerprint density at radius 1 is 1.00 bits per heavy atom. The van der Waals surface area contributed by atoms with Gasteiger partial charge in [-0.3, -0.25) is 0 Å². The van der Waals surface area contributed by atoms with Crippen LogP contribution in [0.25, 0.3) is 11.5 Å². The molecule has 0 rings (SSSR count). The Bertz CT molecular complexity index is 64.7. The van der Waals surface area contributed by atoms with Crippen LogP contribution in [-0.4, -0.2) is 10.1 Å². The van der Waals surface area contributed by atoms with Crippen molar-refractivity contribution < 1.29 is 0 Å². The van der Waals surface area contributed by atoms with Gasteiger partial charge in [-0.2, -0.15) is 0 Å². The van der Waals surface area contributed by atoms with Crippen molar-refractivity contribution in [1.82, 2.24) is 0 Å². The fourth-order valence-electron chi connectivity index (χ4n) is 0. The summed E-state index contributed by atoms with van der Waals surface area (Å²) in [4.78, 5) is 0. The Labute approximate surface area is 45.5 Å². The Kier molecular flexibility index (Phi) is 292. The second-order valence-electron chi connectivity index (χ2n) is 0.224. The molecule has 0 amide bonds. The quantitative estimate of drug-likeness (QED) is 0.323. The molecule has 0 aromatic rings. The first-order valence-electron chi connectivity index (χ1n) is 0.947. The van der Waals surface area contributed by atoms with Gasteiger partial charge >= 0.3 is 10.1 Å². The molecule has 0 fully saturated rings. The molecule has 0 saturated heterocycles. The zero-order valence-corrected chi connectivity index (χ0v) is 3.60. The molecule has 0 aliphatic carbocycles. The van der Waals surface area contributed by atoms with Crippen molar-refractivity contribution in [1.29, 1.82) is 10.5 Å². The van der Waals surface area contributed by atoms with Gasteiger partial charge in [-0.15, -0.1) is 0 Å². The molecule has 2 N–H and O–H groups in total. The zero-order valence-electron chi connectivity index (χ0n) is 3.60. The topological polar surface area (TPSA) is 95.2 Å². The van der Waals surface area contributed by atoms with Crippen LogP contribution in [0.2, 0.25) is 0 Å². The number of nitrogens with zero attached hydrogens (tertiary/aromatic N) is 2. The summed E-state index contributed by atoms with van der Waals surface area (Å²) in [6, 6.07) is 0. The van der Waals surface area contributed by atoms with E-state index >= 15 is 0 Å². The van der Waals surface area contributed by atoms with Crippen molar-refractivity contribution >= 4 is 10.1 Å². The van der Waals surface area contributed by atoms with E-state index in [1.807, 2.05) is 0 Å². The summed E-state index contributed by atoms with van der Waals surface area (Å²) < 4.78 is 0. The molecule has 7 heavy (non-hydrogen) atoms. The van der Waals surface area contributed by atoms with Crippen LogP contribution in [0.3, 0.4) is 0 Å². The van der Waals surface area contributed by atoms with Crippen molar-refractivity contribution in [2.24, 2.45) is 0 Å². The van der Waals surface area contributed by atoms with E-state index in [0.717, 1.165) is 12.4 Å². The van der Waals surface area contributed by atoms with E-state index in [1.54, 1.807) is 0 Å². The fourth-order valence-corrected chi connectivity index (χ4v) is 0. The first-order valence-corrected chi connectivity index (χ1v) is 0.947. The van der Waals surface area contributed by atoms with Gasteiger partial charge in [-0.1, -0.05) is 12.4 Å². The van der Waals surface area contributed by atoms with E-state index in [-0.39, 0.29) is 10.1 Å². The second kappa shape index (κ2) is 119. The van der Waals surface area contributed by atoms with Crippen LogP contribution in [-0.2, 0) is 0 Å². The van der Waals surface area contributed by atoms with Crippen LogP contribution in [0.5, 0.6) is 0 Å². The van der Waals surface area contributed by atoms with E-state index in [0.29, 0.717) is 0 Å². The first kappa shape index (κ1) is 17.2. The average Bonchev–Trinajstić information content (AvgIpc) is 1.39. The summed E-state index contributed by atoms with van der Waals surface area (Å²) in [6.07, 6.45) is 2.00. The molecule has 0 atom stereocenters. The molecular weight excluding hydrogens is 89.1 g/mol. The van der Waals surface area contributed by atoms with Crippen LogP contribution in [0.15, 0.2) is 0 Å². The van der Waals surface area contributed by atoms with E-state index in [4.69, 9.17) is 22.0 Å². The van der Waals surface area contributed by atoms with Gasteiger partial charge in [0, 0.05) is 0 Å². The van der Waals surface area contributed by atoms with E-state index < -0.39 is 0 Å². The molecule has 0 bridgehead atoms. The normalized spacial score (nSPS) is 2.00. The maximum Gasteiger partial charge on any atom is 2.00 e. The molecule has 5 heteroatoms. The molecule has 0 aromatic carbocycles. The average molecular weight is 91.1 g/mol. The molecule has 0 heterocycles. The van der Waals surface area contributed by atoms with Crippen LogP contribution >= 0.6 is 0 Å². The maximum absolute atomic E-state index is 6.99. The van der Waals surface area contributed by atoms with Gasteiger partial charge in [0.15, 0.2) is 0 Å². The number of rotatable bonds is 0. The fraction of sp³-hybridized carbons (Fsp3) is 0. The minimum Gasteiger partial charge on any atom is -0.494 e. The Hall–Kier alpha value is -1.25. The third-order valence-corrected chi connectivity index (χ3v) is 0. The van der Waals surface area contributed by atoms with E-state index in [1.165, 1.54) is 0 Å². The summed E-state index contributed by atoms with van der Waals surface area (Å²) in [6.45, 7) is 0. The largest absolute Gasteiger partial charge is 2.00 e. The van der Waals surface area contributed by atoms with Crippen LogP contribution < -0.4 is 0 Å². The SMILES string of the molecule is N#C[NH-].N#C[NH-].[Be+2]. The van der Waals surface area contributed by atoms with Crippen molar-refractivity contribution in [3.8, 4) is 12.4 Å². The summed E-state index contributed by atoms with van der Waals surface area (Å²) in [5.74, 6) is 0. The standard InChI is InChI=1S/2CHN2.Be/c2*2-1-3;/h2*2H;/q2*-1;+2. The molecule has 0 aliphatic rings. The van der Waals surface area contributed by atoms with Gasteiger partial charge in [-0.25, -0.2) is 0 Å². The molecule has 0 spiro atoms. The minimum atomic E-state index is 0. The molecule has 0 aliphatic heterocycles. The summed E-state index contributed by atoms with van der Waals surface area (Å²) in [5.41, 5.74) is 11.0. The van der Waals surface area contributed by atoms with E-state index in [9.17, 15) is 0 Å². The van der Waals surface area contributed by atoms with Gasteiger partial charge in [0.05, 0.1) is 0 Å². The maximum atomic E-state index is 6.99. The van der Waals surface area contributed by atoms with E-state index in [2.05, 4.69) is 0 Å². The number of nitriles is 2. The molecular formula is C2H2BeN4. The Morgan fingerprint density at radius 3 is 1.00 bits per heavy atom. The summed E-state index contributed by atoms with van der Waals surface area (Å²) in [7, 11) is 0. The molecule has 32 valence electrons. The van der Waals surface area contributed by atoms with Crippen molar-refractivity contribution in [3.63, 3.8) is 0 Å². The molecule has 0 radical (unpaired) electrons. The first-order chi connectivity index (χ1) is 2.83. The summed E-state index contributed by atoms with van der Waals surface area (Å²) >= 11 is 0. The Morgan fingerprint density at radius 2 is 1.00 bits per heavy atom. The molecule has 0 aromatic heterocycles. The zero-order chi connectivity index (χ0) is 5.41. The van der Waals surface area contributed by atoms with Crippen molar-refractivity contribution in [2.75, 3.05) is 0 Å². The minimum absolute atomic E-state index is 0. The summed E-state index contributed by atoms with van der Waals surface area (Å²) in [5, 5.41) is 14.0. The third-order valence-electron chi connectivity index (χ3n) is 0. The van der Waals surface area contributed by atoms with Crippen LogP contribution in [0, 0.1) is 22.9 Å². The predicted octanol–water partition coefficient (Wildman–Crippen LogP) is 0.659.